The van der Waals surface area contributed by atoms with Crippen LogP contribution in [0.15, 0.2) is 52.3 Å². The summed E-state index contributed by atoms with van der Waals surface area (Å²) < 4.78 is 7.50. The molecule has 3 heterocycles. The van der Waals surface area contributed by atoms with Gasteiger partial charge in [0.1, 0.15) is 5.76 Å². The Morgan fingerprint density at radius 2 is 2.31 bits per heavy atom. The molecule has 0 radical (unpaired) electrons. The molecule has 6 nitrogen and oxygen atoms in total. The highest BCUT2D eigenvalue weighted by atomic mass is 16.5. The van der Waals surface area contributed by atoms with Crippen LogP contribution in [-0.2, 0) is 22.5 Å². The van der Waals surface area contributed by atoms with Crippen LogP contribution in [0, 0.1) is 6.92 Å². The first-order valence-electron chi connectivity index (χ1n) is 8.49. The number of nitrogens with zero attached hydrogens (tertiary/aromatic N) is 3. The van der Waals surface area contributed by atoms with Crippen LogP contribution >= 0.6 is 0 Å². The van der Waals surface area contributed by atoms with Crippen molar-refractivity contribution in [3.8, 4) is 0 Å². The third-order valence-corrected chi connectivity index (χ3v) is 4.37. The molecular formula is C20H22N4O2. The van der Waals surface area contributed by atoms with E-state index in [9.17, 15) is 4.79 Å². The Labute approximate surface area is 153 Å². The fraction of sp³-hybridized carbons (Fsp3) is 0.250. The molecule has 26 heavy (non-hydrogen) atoms. The standard InChI is InChI=1S/C20H22N4O2/c1-4-15(26-3)9-8-11-17-14(2)19(22-16-13-21-23-20(16)25)18-10-6-5-7-12-24(17)18/h4-10,13H,11-12H2,1-3H3,(H,22,23,25)/b9-8-,15-4+. The molecule has 134 valence electrons. The van der Waals surface area contributed by atoms with Crippen molar-refractivity contribution in [2.75, 3.05) is 7.11 Å². The van der Waals surface area contributed by atoms with E-state index in [-0.39, 0.29) is 5.91 Å². The fourth-order valence-corrected chi connectivity index (χ4v) is 3.01. The van der Waals surface area contributed by atoms with Crippen LogP contribution in [0.2, 0.25) is 0 Å². The minimum Gasteiger partial charge on any atom is -0.497 e. The maximum absolute atomic E-state index is 11.8. The lowest BCUT2D eigenvalue weighted by Gasteiger charge is -2.08. The molecule has 0 bridgehead atoms. The normalized spacial score (nSPS) is 17.9. The maximum atomic E-state index is 11.8. The topological polar surface area (TPSA) is 68.0 Å². The van der Waals surface area contributed by atoms with Crippen LogP contribution in [0.5, 0.6) is 0 Å². The highest BCUT2D eigenvalue weighted by Gasteiger charge is 2.21. The van der Waals surface area contributed by atoms with Crippen molar-refractivity contribution < 1.29 is 9.53 Å². The number of hydrazone groups is 1. The van der Waals surface area contributed by atoms with E-state index in [1.807, 2.05) is 44.2 Å². The van der Waals surface area contributed by atoms with Crippen molar-refractivity contribution in [3.63, 3.8) is 0 Å². The Kier molecular flexibility index (Phi) is 5.31. The largest absolute Gasteiger partial charge is 0.497 e. The summed E-state index contributed by atoms with van der Waals surface area (Å²) in [6.07, 6.45) is 16.3. The van der Waals surface area contributed by atoms with E-state index in [0.717, 1.165) is 41.4 Å². The highest BCUT2D eigenvalue weighted by molar-refractivity contribution is 6.63. The fourth-order valence-electron chi connectivity index (χ4n) is 3.01. The average molecular weight is 350 g/mol. The molecule has 1 aromatic rings. The minimum absolute atomic E-state index is 0.278. The second-order valence-electron chi connectivity index (χ2n) is 5.90. The summed E-state index contributed by atoms with van der Waals surface area (Å²) in [6, 6.07) is 0. The summed E-state index contributed by atoms with van der Waals surface area (Å²) in [4.78, 5) is 16.4. The van der Waals surface area contributed by atoms with Crippen molar-refractivity contribution in [2.24, 2.45) is 10.1 Å². The number of carbonyl (C=O) groups is 1. The average Bonchev–Trinajstić information content (AvgIpc) is 3.03. The number of nitrogens with one attached hydrogen (secondary N) is 1. The number of aromatic nitrogens is 1. The summed E-state index contributed by atoms with van der Waals surface area (Å²) >= 11 is 0. The Bertz CT molecular complexity index is 895. The molecule has 0 atom stereocenters. The van der Waals surface area contributed by atoms with Crippen LogP contribution in [0.1, 0.15) is 23.9 Å². The third-order valence-electron chi connectivity index (χ3n) is 4.37. The van der Waals surface area contributed by atoms with Gasteiger partial charge in [-0.2, -0.15) is 5.10 Å². The molecule has 0 spiro atoms. The molecule has 3 rings (SSSR count). The lowest BCUT2D eigenvalue weighted by molar-refractivity contribution is -0.114. The van der Waals surface area contributed by atoms with Gasteiger partial charge in [0.25, 0.3) is 5.91 Å². The van der Waals surface area contributed by atoms with Gasteiger partial charge in [-0.25, -0.2) is 10.4 Å². The van der Waals surface area contributed by atoms with Gasteiger partial charge < -0.3 is 9.30 Å². The molecule has 0 saturated carbocycles. The SMILES string of the molecule is C/C=C(\C=C/Cc1c(C)c(N=C2C=NNC2=O)c2n1CC=CC=C2)OC. The predicted molar refractivity (Wildman–Crippen MR) is 105 cm³/mol. The number of ether oxygens (including phenoxy) is 1. The molecule has 2 aliphatic heterocycles. The molecule has 0 saturated heterocycles. The lowest BCUT2D eigenvalue weighted by atomic mass is 10.1. The summed E-state index contributed by atoms with van der Waals surface area (Å²) in [5, 5.41) is 3.77. The van der Waals surface area contributed by atoms with Crippen LogP contribution in [0.25, 0.3) is 6.08 Å². The van der Waals surface area contributed by atoms with Gasteiger partial charge in [-0.3, -0.25) is 4.79 Å². The molecule has 1 aromatic heterocycles. The second-order valence-corrected chi connectivity index (χ2v) is 5.90. The molecule has 0 unspecified atom stereocenters. The first-order chi connectivity index (χ1) is 12.7. The number of allylic oxidation sites excluding steroid dienone is 6. The van der Waals surface area contributed by atoms with Gasteiger partial charge in [-0.1, -0.05) is 24.3 Å². The Balaban J connectivity index is 2.02. The zero-order chi connectivity index (χ0) is 18.5. The quantitative estimate of drug-likeness (QED) is 0.654. The van der Waals surface area contributed by atoms with Gasteiger partial charge in [-0.05, 0) is 37.6 Å². The highest BCUT2D eigenvalue weighted by Crippen LogP contribution is 2.33. The maximum Gasteiger partial charge on any atom is 0.291 e. The Morgan fingerprint density at radius 1 is 1.46 bits per heavy atom. The molecule has 1 amide bonds. The van der Waals surface area contributed by atoms with E-state index in [2.05, 4.69) is 32.2 Å². The smallest absolute Gasteiger partial charge is 0.291 e. The first kappa shape index (κ1) is 17.7. The number of hydrogen-bond acceptors (Lipinski definition) is 4. The first-order valence-corrected chi connectivity index (χ1v) is 8.49. The molecule has 0 fully saturated rings. The Morgan fingerprint density at radius 3 is 3.00 bits per heavy atom. The van der Waals surface area contributed by atoms with Crippen LogP contribution in [0.4, 0.5) is 5.69 Å². The van der Waals surface area contributed by atoms with E-state index in [1.54, 1.807) is 7.11 Å². The van der Waals surface area contributed by atoms with E-state index in [0.29, 0.717) is 5.71 Å². The van der Waals surface area contributed by atoms with Crippen molar-refractivity contribution in [1.82, 2.24) is 9.99 Å². The van der Waals surface area contributed by atoms with Gasteiger partial charge in [0.05, 0.1) is 24.7 Å². The zero-order valence-electron chi connectivity index (χ0n) is 15.2. The molecular weight excluding hydrogens is 328 g/mol. The third kappa shape index (κ3) is 3.44. The van der Waals surface area contributed by atoms with Crippen molar-refractivity contribution in [3.05, 3.63) is 59.2 Å². The molecule has 0 aromatic carbocycles. The van der Waals surface area contributed by atoms with Gasteiger partial charge in [0, 0.05) is 18.7 Å². The summed E-state index contributed by atoms with van der Waals surface area (Å²) in [7, 11) is 1.66. The Hall–Kier alpha value is -3.15. The lowest BCUT2D eigenvalue weighted by Crippen LogP contribution is -2.19. The summed E-state index contributed by atoms with van der Waals surface area (Å²) in [5.74, 6) is 0.545. The van der Waals surface area contributed by atoms with Gasteiger partial charge in [0.2, 0.25) is 0 Å². The molecule has 2 aliphatic rings. The molecule has 1 N–H and O–H groups in total. The number of fused-ring (bicyclic) bond motifs is 1. The van der Waals surface area contributed by atoms with Crippen molar-refractivity contribution >= 4 is 29.6 Å². The van der Waals surface area contributed by atoms with Crippen molar-refractivity contribution in [2.45, 2.75) is 26.8 Å². The van der Waals surface area contributed by atoms with E-state index in [4.69, 9.17) is 4.74 Å². The van der Waals surface area contributed by atoms with Crippen LogP contribution < -0.4 is 5.43 Å². The van der Waals surface area contributed by atoms with Crippen LogP contribution in [-0.4, -0.2) is 29.5 Å². The van der Waals surface area contributed by atoms with Gasteiger partial charge in [-0.15, -0.1) is 0 Å². The number of methoxy groups -OCH3 is 1. The molecule has 6 heteroatoms. The summed E-state index contributed by atoms with van der Waals surface area (Å²) in [6.45, 7) is 4.74. The van der Waals surface area contributed by atoms with Gasteiger partial charge >= 0.3 is 0 Å². The van der Waals surface area contributed by atoms with E-state index in [1.165, 1.54) is 6.21 Å². The zero-order valence-corrected chi connectivity index (χ0v) is 15.2. The van der Waals surface area contributed by atoms with E-state index >= 15 is 0 Å². The second kappa shape index (κ2) is 7.82. The van der Waals surface area contributed by atoms with Crippen molar-refractivity contribution in [1.29, 1.82) is 0 Å². The summed E-state index contributed by atoms with van der Waals surface area (Å²) in [5.41, 5.74) is 6.75. The molecule has 0 aliphatic carbocycles. The number of aliphatic imine (C=N–C) groups is 1. The van der Waals surface area contributed by atoms with Crippen LogP contribution in [0.3, 0.4) is 0 Å². The predicted octanol–water partition coefficient (Wildman–Crippen LogP) is 3.22. The number of carbonyl (C=O) groups excluding carboxylic acids is 1. The minimum atomic E-state index is -0.278. The van der Waals surface area contributed by atoms with Gasteiger partial charge in [0.15, 0.2) is 5.71 Å². The monoisotopic (exact) mass is 350 g/mol. The number of hydrogen-bond donors (Lipinski definition) is 1. The number of rotatable bonds is 5. The number of amides is 1. The van der Waals surface area contributed by atoms with E-state index < -0.39 is 0 Å².